The molecule has 0 N–H and O–H groups in total. The molecule has 2 unspecified atom stereocenters. The van der Waals surface area contributed by atoms with Crippen LogP contribution in [-0.2, 0) is 0 Å². The maximum absolute atomic E-state index is 12.6. The van der Waals surface area contributed by atoms with Crippen LogP contribution in [0.5, 0.6) is 0 Å². The van der Waals surface area contributed by atoms with E-state index in [1.807, 2.05) is 0 Å². The maximum atomic E-state index is 12.6. The van der Waals surface area contributed by atoms with Crippen LogP contribution >= 0.6 is 0 Å². The van der Waals surface area contributed by atoms with E-state index in [1.165, 1.54) is 0 Å². The second-order valence-electron chi connectivity index (χ2n) is 2.36. The van der Waals surface area contributed by atoms with Crippen LogP contribution in [-0.4, -0.2) is 17.8 Å². The summed E-state index contributed by atoms with van der Waals surface area (Å²) in [6.45, 7) is 2.86. The van der Waals surface area contributed by atoms with Crippen molar-refractivity contribution in [2.75, 3.05) is 0 Å². The molecule has 0 saturated heterocycles. The van der Waals surface area contributed by atoms with Gasteiger partial charge in [0.2, 0.25) is 0 Å². The van der Waals surface area contributed by atoms with E-state index in [9.17, 15) is 17.6 Å². The monoisotopic (exact) mass is 154 g/mol. The van der Waals surface area contributed by atoms with E-state index in [0.717, 1.165) is 0 Å². The zero-order valence-corrected chi connectivity index (χ0v) is 5.08. The molecule has 0 aliphatic heterocycles. The molecule has 0 aromatic heterocycles. The third-order valence-electron chi connectivity index (χ3n) is 1.75. The van der Waals surface area contributed by atoms with E-state index in [1.54, 1.807) is 0 Å². The molecular formula is C6H6F4. The molecule has 0 aromatic carbocycles. The van der Waals surface area contributed by atoms with Gasteiger partial charge in [0, 0.05) is 6.42 Å². The van der Waals surface area contributed by atoms with Crippen molar-refractivity contribution in [2.24, 2.45) is 0 Å². The summed E-state index contributed by atoms with van der Waals surface area (Å²) in [4.78, 5) is 0. The molecule has 10 heavy (non-hydrogen) atoms. The lowest BCUT2D eigenvalue weighted by Crippen LogP contribution is -2.61. The molecule has 1 saturated carbocycles. The molecule has 4 heteroatoms. The summed E-state index contributed by atoms with van der Waals surface area (Å²) in [6.07, 6.45) is -2.66. The minimum Gasteiger partial charge on any atom is -0.241 e. The van der Waals surface area contributed by atoms with Crippen molar-refractivity contribution in [3.8, 4) is 0 Å². The van der Waals surface area contributed by atoms with E-state index >= 15 is 0 Å². The van der Waals surface area contributed by atoms with E-state index < -0.39 is 24.2 Å². The SMILES string of the molecule is C=CC1(F)CC(F)C1(F)F. The Labute approximate surface area is 55.5 Å². The highest BCUT2D eigenvalue weighted by Crippen LogP contribution is 2.52. The van der Waals surface area contributed by atoms with Gasteiger partial charge in [-0.1, -0.05) is 6.58 Å². The Morgan fingerprint density at radius 2 is 1.90 bits per heavy atom. The molecule has 0 nitrogen and oxygen atoms in total. The van der Waals surface area contributed by atoms with Crippen molar-refractivity contribution in [1.29, 1.82) is 0 Å². The van der Waals surface area contributed by atoms with Crippen LogP contribution in [0.2, 0.25) is 0 Å². The van der Waals surface area contributed by atoms with Crippen molar-refractivity contribution in [1.82, 2.24) is 0 Å². The average molecular weight is 154 g/mol. The second-order valence-corrected chi connectivity index (χ2v) is 2.36. The Morgan fingerprint density at radius 3 is 2.00 bits per heavy atom. The number of alkyl halides is 4. The summed E-state index contributed by atoms with van der Waals surface area (Å²) in [6, 6.07) is 0. The minimum absolute atomic E-state index is 0.461. The number of hydrogen-bond acceptors (Lipinski definition) is 0. The van der Waals surface area contributed by atoms with Crippen LogP contribution in [0, 0.1) is 0 Å². The van der Waals surface area contributed by atoms with Crippen LogP contribution in [0.15, 0.2) is 12.7 Å². The van der Waals surface area contributed by atoms with Gasteiger partial charge >= 0.3 is 5.92 Å². The summed E-state index contributed by atoms with van der Waals surface area (Å²) >= 11 is 0. The Morgan fingerprint density at radius 1 is 1.40 bits per heavy atom. The Kier molecular flexibility index (Phi) is 1.31. The van der Waals surface area contributed by atoms with Gasteiger partial charge in [-0.25, -0.2) is 8.78 Å². The molecule has 1 aliphatic carbocycles. The third kappa shape index (κ3) is 0.617. The summed E-state index contributed by atoms with van der Waals surface area (Å²) in [5.74, 6) is -3.87. The van der Waals surface area contributed by atoms with Crippen LogP contribution in [0.1, 0.15) is 6.42 Å². The average Bonchev–Trinajstić information content (AvgIpc) is 1.88. The molecule has 1 fully saturated rings. The lowest BCUT2D eigenvalue weighted by Gasteiger charge is -2.43. The molecule has 0 amide bonds. The van der Waals surface area contributed by atoms with Crippen molar-refractivity contribution < 1.29 is 17.6 Å². The highest BCUT2D eigenvalue weighted by Gasteiger charge is 2.69. The smallest absolute Gasteiger partial charge is 0.241 e. The molecule has 0 aromatic rings. The van der Waals surface area contributed by atoms with Gasteiger partial charge < -0.3 is 0 Å². The second kappa shape index (κ2) is 1.74. The predicted octanol–water partition coefficient (Wildman–Crippen LogP) is 2.26. The fourth-order valence-corrected chi connectivity index (χ4v) is 0.874. The molecule has 0 bridgehead atoms. The molecule has 0 spiro atoms. The zero-order valence-electron chi connectivity index (χ0n) is 5.08. The number of allylic oxidation sites excluding steroid dienone is 1. The first-order valence-corrected chi connectivity index (χ1v) is 2.78. The van der Waals surface area contributed by atoms with E-state index in [4.69, 9.17) is 0 Å². The summed E-state index contributed by atoms with van der Waals surface area (Å²) in [7, 11) is 0. The molecule has 1 rings (SSSR count). The highest BCUT2D eigenvalue weighted by molar-refractivity contribution is 5.19. The number of rotatable bonds is 1. The van der Waals surface area contributed by atoms with Gasteiger partial charge in [0.1, 0.15) is 0 Å². The van der Waals surface area contributed by atoms with Crippen molar-refractivity contribution in [2.45, 2.75) is 24.2 Å². The van der Waals surface area contributed by atoms with E-state index in [0.29, 0.717) is 6.08 Å². The zero-order chi connectivity index (χ0) is 7.99. The van der Waals surface area contributed by atoms with Gasteiger partial charge in [-0.3, -0.25) is 0 Å². The Balaban J connectivity index is 2.80. The van der Waals surface area contributed by atoms with Crippen LogP contribution in [0.3, 0.4) is 0 Å². The molecule has 2 atom stereocenters. The van der Waals surface area contributed by atoms with Crippen LogP contribution < -0.4 is 0 Å². The fraction of sp³-hybridized carbons (Fsp3) is 0.667. The Hall–Kier alpha value is -0.540. The maximum Gasteiger partial charge on any atom is 0.315 e. The van der Waals surface area contributed by atoms with Crippen molar-refractivity contribution in [3.63, 3.8) is 0 Å². The summed E-state index contributed by atoms with van der Waals surface area (Å²) in [5, 5.41) is 0. The molecule has 0 radical (unpaired) electrons. The first-order valence-electron chi connectivity index (χ1n) is 2.78. The topological polar surface area (TPSA) is 0 Å². The summed E-state index contributed by atoms with van der Waals surface area (Å²) < 4.78 is 48.8. The first kappa shape index (κ1) is 7.57. The normalized spacial score (nSPS) is 44.2. The largest absolute Gasteiger partial charge is 0.315 e. The number of hydrogen-bond donors (Lipinski definition) is 0. The fourth-order valence-electron chi connectivity index (χ4n) is 0.874. The van der Waals surface area contributed by atoms with Gasteiger partial charge in [-0.2, -0.15) is 8.78 Å². The standard InChI is InChI=1S/C6H6F4/c1-2-5(8)3-4(7)6(5,9)10/h2,4H,1,3H2. The lowest BCUT2D eigenvalue weighted by atomic mass is 9.76. The number of halogens is 4. The quantitative estimate of drug-likeness (QED) is 0.401. The molecule has 1 aliphatic rings. The van der Waals surface area contributed by atoms with Crippen molar-refractivity contribution >= 4 is 0 Å². The third-order valence-corrected chi connectivity index (χ3v) is 1.75. The van der Waals surface area contributed by atoms with Gasteiger partial charge in [-0.15, -0.1) is 0 Å². The molecule has 58 valence electrons. The first-order chi connectivity index (χ1) is 4.44. The van der Waals surface area contributed by atoms with E-state index in [-0.39, 0.29) is 0 Å². The predicted molar refractivity (Wildman–Crippen MR) is 28.5 cm³/mol. The lowest BCUT2D eigenvalue weighted by molar-refractivity contribution is -0.237. The Bertz CT molecular complexity index is 165. The summed E-state index contributed by atoms with van der Waals surface area (Å²) in [5.41, 5.74) is -2.81. The van der Waals surface area contributed by atoms with Crippen molar-refractivity contribution in [3.05, 3.63) is 12.7 Å². The highest BCUT2D eigenvalue weighted by atomic mass is 19.3. The molecular weight excluding hydrogens is 148 g/mol. The van der Waals surface area contributed by atoms with Gasteiger partial charge in [-0.05, 0) is 6.08 Å². The van der Waals surface area contributed by atoms with Gasteiger partial charge in [0.15, 0.2) is 11.8 Å². The van der Waals surface area contributed by atoms with E-state index in [2.05, 4.69) is 6.58 Å². The van der Waals surface area contributed by atoms with Gasteiger partial charge in [0.25, 0.3) is 0 Å². The van der Waals surface area contributed by atoms with Crippen LogP contribution in [0.25, 0.3) is 0 Å². The molecule has 0 heterocycles. The van der Waals surface area contributed by atoms with Crippen LogP contribution in [0.4, 0.5) is 17.6 Å². The van der Waals surface area contributed by atoms with Gasteiger partial charge in [0.05, 0.1) is 0 Å². The minimum atomic E-state index is -3.87.